The zero-order chi connectivity index (χ0) is 43.3. The molecule has 0 unspecified atom stereocenters. The van der Waals surface area contributed by atoms with Crippen molar-refractivity contribution in [2.45, 2.75) is 38.5 Å². The van der Waals surface area contributed by atoms with Gasteiger partial charge in [0.15, 0.2) is 0 Å². The zero-order valence-corrected chi connectivity index (χ0v) is 37.7. The fourth-order valence-electron chi connectivity index (χ4n) is 12.1. The third-order valence-electron chi connectivity index (χ3n) is 15.4. The van der Waals surface area contributed by atoms with Crippen molar-refractivity contribution >= 4 is 74.6 Å². The molecule has 0 radical (unpaired) electrons. The molecule has 2 aliphatic rings. The maximum Gasteiger partial charge on any atom is 0.0361 e. The van der Waals surface area contributed by atoms with Crippen molar-refractivity contribution in [3.05, 3.63) is 216 Å². The molecule has 11 aromatic carbocycles. The van der Waals surface area contributed by atoms with Crippen molar-refractivity contribution in [1.29, 1.82) is 0 Å². The normalized spacial score (nSPS) is 14.4. The number of fused-ring (bicyclic) bond motifs is 13. The van der Waals surface area contributed by atoms with Gasteiger partial charge in [0.25, 0.3) is 0 Å². The van der Waals surface area contributed by atoms with Gasteiger partial charge in [0.05, 0.1) is 0 Å². The fourth-order valence-corrected chi connectivity index (χ4v) is 13.3. The molecule has 0 fully saturated rings. The van der Waals surface area contributed by atoms with Crippen molar-refractivity contribution in [2.24, 2.45) is 0 Å². The summed E-state index contributed by atoms with van der Waals surface area (Å²) in [6.45, 7) is 9.64. The first-order valence-electron chi connectivity index (χ1n) is 23.0. The van der Waals surface area contributed by atoms with Crippen LogP contribution in [0, 0.1) is 0 Å². The highest BCUT2D eigenvalue weighted by atomic mass is 32.1. The minimum absolute atomic E-state index is 0.0846. The van der Waals surface area contributed by atoms with Crippen LogP contribution >= 0.6 is 11.3 Å². The molecule has 1 heteroatoms. The van der Waals surface area contributed by atoms with Gasteiger partial charge < -0.3 is 0 Å². The van der Waals surface area contributed by atoms with E-state index in [1.54, 1.807) is 0 Å². The van der Waals surface area contributed by atoms with Crippen LogP contribution in [0.25, 0.3) is 119 Å². The molecule has 14 rings (SSSR count). The molecule has 1 aromatic heterocycles. The first-order chi connectivity index (χ1) is 31.7. The molecule has 2 aliphatic carbocycles. The first kappa shape index (κ1) is 37.1. The summed E-state index contributed by atoms with van der Waals surface area (Å²) < 4.78 is 2.72. The molecular formula is C64H44S. The monoisotopic (exact) mass is 844 g/mol. The van der Waals surface area contributed by atoms with E-state index in [-0.39, 0.29) is 10.8 Å². The smallest absolute Gasteiger partial charge is 0.0361 e. The minimum atomic E-state index is -0.188. The van der Waals surface area contributed by atoms with E-state index in [1.807, 2.05) is 11.3 Å². The van der Waals surface area contributed by atoms with Crippen molar-refractivity contribution < 1.29 is 0 Å². The number of hydrogen-bond donors (Lipinski definition) is 0. The van der Waals surface area contributed by atoms with Gasteiger partial charge in [0.2, 0.25) is 0 Å². The number of benzene rings is 11. The maximum absolute atomic E-state index is 2.51. The lowest BCUT2D eigenvalue weighted by molar-refractivity contribution is 0.660. The highest BCUT2D eigenvalue weighted by molar-refractivity contribution is 7.25. The summed E-state index contributed by atoms with van der Waals surface area (Å²) in [5.74, 6) is 0. The molecular weight excluding hydrogens is 801 g/mol. The molecule has 0 spiro atoms. The average molecular weight is 845 g/mol. The Morgan fingerprint density at radius 1 is 0.277 bits per heavy atom. The maximum atomic E-state index is 2.51. The van der Waals surface area contributed by atoms with Crippen LogP contribution < -0.4 is 0 Å². The van der Waals surface area contributed by atoms with Crippen LogP contribution in [0.2, 0.25) is 0 Å². The van der Waals surface area contributed by atoms with Crippen LogP contribution in [0.5, 0.6) is 0 Å². The van der Waals surface area contributed by atoms with Crippen molar-refractivity contribution in [1.82, 2.24) is 0 Å². The summed E-state index contributed by atoms with van der Waals surface area (Å²) in [5, 5.41) is 13.0. The summed E-state index contributed by atoms with van der Waals surface area (Å²) in [6, 6.07) is 74.0. The van der Waals surface area contributed by atoms with Crippen LogP contribution in [0.1, 0.15) is 49.9 Å². The van der Waals surface area contributed by atoms with Gasteiger partial charge in [-0.1, -0.05) is 173 Å². The lowest BCUT2D eigenvalue weighted by atomic mass is 9.79. The third kappa shape index (κ3) is 5.13. The van der Waals surface area contributed by atoms with Gasteiger partial charge in [-0.2, -0.15) is 0 Å². The highest BCUT2D eigenvalue weighted by Crippen LogP contribution is 2.55. The molecule has 0 atom stereocenters. The Morgan fingerprint density at radius 3 is 1.54 bits per heavy atom. The van der Waals surface area contributed by atoms with Gasteiger partial charge in [-0.3, -0.25) is 0 Å². The second-order valence-corrected chi connectivity index (χ2v) is 20.7. The van der Waals surface area contributed by atoms with Gasteiger partial charge >= 0.3 is 0 Å². The summed E-state index contributed by atoms with van der Waals surface area (Å²) in [5.41, 5.74) is 18.4. The Balaban J connectivity index is 0.880. The number of rotatable bonds is 3. The Morgan fingerprint density at radius 2 is 0.800 bits per heavy atom. The molecule has 0 bridgehead atoms. The molecule has 0 nitrogen and oxygen atoms in total. The molecule has 0 saturated heterocycles. The summed E-state index contributed by atoms with van der Waals surface area (Å²) in [6.07, 6.45) is 0. The summed E-state index contributed by atoms with van der Waals surface area (Å²) in [7, 11) is 0. The lowest BCUT2D eigenvalue weighted by Gasteiger charge is -2.24. The van der Waals surface area contributed by atoms with Crippen LogP contribution in [-0.2, 0) is 10.8 Å². The van der Waals surface area contributed by atoms with Crippen LogP contribution in [0.4, 0.5) is 0 Å². The zero-order valence-electron chi connectivity index (χ0n) is 36.9. The quantitative estimate of drug-likeness (QED) is 0.155. The number of thiophene rings is 1. The SMILES string of the molecule is CC1(C)c2cc(-c3ccc4c(c3)-c3cc5cc6c(cc5cc3C4(C)C)sc3ccccc36)ccc2-c2ccc(-c3c4ccccc4c(-c4cccc5ccccc45)c4ccccc34)cc21. The Kier molecular flexibility index (Phi) is 7.49. The Bertz CT molecular complexity index is 4000. The van der Waals surface area contributed by atoms with E-state index in [0.29, 0.717) is 0 Å². The van der Waals surface area contributed by atoms with E-state index < -0.39 is 0 Å². The highest BCUT2D eigenvalue weighted by Gasteiger charge is 2.38. The molecule has 0 amide bonds. The number of hydrogen-bond acceptors (Lipinski definition) is 1. The van der Waals surface area contributed by atoms with Crippen LogP contribution in [-0.4, -0.2) is 0 Å². The second kappa shape index (κ2) is 13.1. The molecule has 1 heterocycles. The van der Waals surface area contributed by atoms with Crippen molar-refractivity contribution in [3.8, 4) is 55.6 Å². The van der Waals surface area contributed by atoms with E-state index in [1.165, 1.54) is 141 Å². The van der Waals surface area contributed by atoms with Gasteiger partial charge in [0.1, 0.15) is 0 Å². The molecule has 0 N–H and O–H groups in total. The largest absolute Gasteiger partial charge is 0.135 e. The first-order valence-corrected chi connectivity index (χ1v) is 23.8. The minimum Gasteiger partial charge on any atom is -0.135 e. The molecule has 306 valence electrons. The van der Waals surface area contributed by atoms with E-state index in [2.05, 4.69) is 222 Å². The molecule has 65 heavy (non-hydrogen) atoms. The topological polar surface area (TPSA) is 0 Å². The predicted molar refractivity (Wildman–Crippen MR) is 281 cm³/mol. The van der Waals surface area contributed by atoms with Crippen LogP contribution in [0.3, 0.4) is 0 Å². The fraction of sp³-hybridized carbons (Fsp3) is 0.0938. The summed E-state index contributed by atoms with van der Waals surface area (Å²) in [4.78, 5) is 0. The van der Waals surface area contributed by atoms with Gasteiger partial charge in [-0.15, -0.1) is 11.3 Å². The summed E-state index contributed by atoms with van der Waals surface area (Å²) >= 11 is 1.90. The van der Waals surface area contributed by atoms with E-state index >= 15 is 0 Å². The van der Waals surface area contributed by atoms with Gasteiger partial charge in [-0.05, 0) is 170 Å². The average Bonchev–Trinajstić information content (AvgIpc) is 3.89. The van der Waals surface area contributed by atoms with Crippen molar-refractivity contribution in [2.75, 3.05) is 0 Å². The van der Waals surface area contributed by atoms with Crippen LogP contribution in [0.15, 0.2) is 194 Å². The third-order valence-corrected chi connectivity index (χ3v) is 16.6. The predicted octanol–water partition coefficient (Wildman–Crippen LogP) is 18.3. The Labute approximate surface area is 383 Å². The second-order valence-electron chi connectivity index (χ2n) is 19.6. The van der Waals surface area contributed by atoms with E-state index in [0.717, 1.165) is 0 Å². The van der Waals surface area contributed by atoms with Gasteiger partial charge in [0, 0.05) is 31.0 Å². The molecule has 12 aromatic rings. The van der Waals surface area contributed by atoms with E-state index in [9.17, 15) is 0 Å². The van der Waals surface area contributed by atoms with Gasteiger partial charge in [-0.25, -0.2) is 0 Å². The lowest BCUT2D eigenvalue weighted by Crippen LogP contribution is -2.15. The molecule has 0 aliphatic heterocycles. The van der Waals surface area contributed by atoms with Crippen molar-refractivity contribution in [3.63, 3.8) is 0 Å². The Hall–Kier alpha value is -7.32. The standard InChI is InChI=1S/C64H44S/c1-63(2)55-29-26-38(30-52(55)53-31-41-32-54-46-17-11-12-23-59(46)65-60(54)36-42(41)35-58(53)63)39-24-27-44-45-28-25-40(34-57(45)64(3,4)56(44)33-39)61-48-18-7-9-20-50(48)62(51-21-10-8-19-49(51)61)47-22-13-15-37-14-5-6-16-43(37)47/h5-36H,1-4H3. The van der Waals surface area contributed by atoms with E-state index in [4.69, 9.17) is 0 Å². The molecule has 0 saturated carbocycles.